The molecule has 1 aliphatic heterocycles. The molecule has 0 radical (unpaired) electrons. The van der Waals surface area contributed by atoms with Crippen molar-refractivity contribution in [3.8, 4) is 5.75 Å². The lowest BCUT2D eigenvalue weighted by Gasteiger charge is -2.15. The maximum Gasteiger partial charge on any atom is 0.127 e. The van der Waals surface area contributed by atoms with Crippen LogP contribution in [0.3, 0.4) is 0 Å². The van der Waals surface area contributed by atoms with Crippen LogP contribution in [-0.2, 0) is 13.0 Å². The van der Waals surface area contributed by atoms with Gasteiger partial charge in [0.25, 0.3) is 0 Å². The summed E-state index contributed by atoms with van der Waals surface area (Å²) in [6, 6.07) is 4.73. The molecule has 1 aliphatic carbocycles. The number of rotatable bonds is 5. The Bertz CT molecular complexity index is 480. The van der Waals surface area contributed by atoms with Crippen LogP contribution in [0.5, 0.6) is 5.75 Å². The van der Waals surface area contributed by atoms with Crippen molar-refractivity contribution in [2.75, 3.05) is 12.4 Å². The summed E-state index contributed by atoms with van der Waals surface area (Å²) < 4.78 is 5.76. The molecule has 1 aromatic rings. The third-order valence-electron chi connectivity index (χ3n) is 4.19. The number of ether oxygens (including phenoxy) is 1. The molecular formula is C16H22ClNOS. The fourth-order valence-corrected chi connectivity index (χ4v) is 4.65. The largest absolute Gasteiger partial charge is 0.493 e. The summed E-state index contributed by atoms with van der Waals surface area (Å²) in [6.45, 7) is 3.91. The highest BCUT2D eigenvalue weighted by atomic mass is 35.5. The molecule has 1 aromatic carbocycles. The Hall–Kier alpha value is -0.380. The Morgan fingerprint density at radius 1 is 1.40 bits per heavy atom. The van der Waals surface area contributed by atoms with Crippen molar-refractivity contribution in [1.82, 2.24) is 5.32 Å². The highest BCUT2D eigenvalue weighted by Gasteiger charge is 2.25. The SMILES string of the molecule is CCSC1CCC(NCc2cc(Cl)cc3c2OCC3)C1. The molecule has 1 heterocycles. The number of thioether (sulfide) groups is 1. The van der Waals surface area contributed by atoms with E-state index in [4.69, 9.17) is 16.3 Å². The van der Waals surface area contributed by atoms with Crippen LogP contribution < -0.4 is 10.1 Å². The molecule has 2 nitrogen and oxygen atoms in total. The third-order valence-corrected chi connectivity index (χ3v) is 5.64. The number of hydrogen-bond acceptors (Lipinski definition) is 3. The Labute approximate surface area is 130 Å². The molecule has 0 amide bonds. The third kappa shape index (κ3) is 3.26. The standard InChI is InChI=1S/C16H22ClNOS/c1-2-20-15-4-3-14(9-15)18-10-12-8-13(17)7-11-5-6-19-16(11)12/h7-8,14-15,18H,2-6,9-10H2,1H3. The van der Waals surface area contributed by atoms with Crippen molar-refractivity contribution in [3.63, 3.8) is 0 Å². The quantitative estimate of drug-likeness (QED) is 0.887. The average molecular weight is 312 g/mol. The van der Waals surface area contributed by atoms with Crippen molar-refractivity contribution >= 4 is 23.4 Å². The molecule has 20 heavy (non-hydrogen) atoms. The minimum Gasteiger partial charge on any atom is -0.493 e. The van der Waals surface area contributed by atoms with Crippen molar-refractivity contribution in [2.45, 2.75) is 50.4 Å². The van der Waals surface area contributed by atoms with Gasteiger partial charge in [-0.15, -0.1) is 0 Å². The molecule has 2 unspecified atom stereocenters. The maximum absolute atomic E-state index is 6.20. The molecule has 4 heteroatoms. The zero-order valence-electron chi connectivity index (χ0n) is 12.0. The molecule has 0 bridgehead atoms. The van der Waals surface area contributed by atoms with Gasteiger partial charge in [0.2, 0.25) is 0 Å². The Morgan fingerprint density at radius 2 is 2.30 bits per heavy atom. The van der Waals surface area contributed by atoms with Crippen LogP contribution in [0.2, 0.25) is 5.02 Å². The van der Waals surface area contributed by atoms with Crippen molar-refractivity contribution in [3.05, 3.63) is 28.3 Å². The first kappa shape index (κ1) is 14.6. The summed E-state index contributed by atoms with van der Waals surface area (Å²) in [5, 5.41) is 5.37. The van der Waals surface area contributed by atoms with E-state index in [0.717, 1.165) is 35.6 Å². The number of fused-ring (bicyclic) bond motifs is 1. The lowest BCUT2D eigenvalue weighted by atomic mass is 10.1. The van der Waals surface area contributed by atoms with Crippen LogP contribution >= 0.6 is 23.4 Å². The molecule has 1 fully saturated rings. The second kappa shape index (κ2) is 6.59. The molecule has 2 atom stereocenters. The monoisotopic (exact) mass is 311 g/mol. The molecule has 2 aliphatic rings. The second-order valence-electron chi connectivity index (χ2n) is 5.62. The van der Waals surface area contributed by atoms with E-state index in [1.54, 1.807) is 0 Å². The van der Waals surface area contributed by atoms with Crippen LogP contribution in [0.4, 0.5) is 0 Å². The van der Waals surface area contributed by atoms with Gasteiger partial charge in [0.05, 0.1) is 6.61 Å². The van der Waals surface area contributed by atoms with E-state index in [1.165, 1.54) is 36.1 Å². The van der Waals surface area contributed by atoms with Crippen LogP contribution in [0.15, 0.2) is 12.1 Å². The maximum atomic E-state index is 6.20. The number of hydrogen-bond donors (Lipinski definition) is 1. The van der Waals surface area contributed by atoms with Crippen LogP contribution in [0, 0.1) is 0 Å². The van der Waals surface area contributed by atoms with Gasteiger partial charge in [-0.25, -0.2) is 0 Å². The fraction of sp³-hybridized carbons (Fsp3) is 0.625. The predicted octanol–water partition coefficient (Wildman–Crippen LogP) is 4.04. The zero-order valence-corrected chi connectivity index (χ0v) is 13.5. The second-order valence-corrected chi connectivity index (χ2v) is 7.63. The zero-order chi connectivity index (χ0) is 13.9. The van der Waals surface area contributed by atoms with Crippen molar-refractivity contribution < 1.29 is 4.74 Å². The van der Waals surface area contributed by atoms with Crippen LogP contribution in [0.25, 0.3) is 0 Å². The lowest BCUT2D eigenvalue weighted by Crippen LogP contribution is -2.26. The average Bonchev–Trinajstić information content (AvgIpc) is 3.05. The molecule has 3 rings (SSSR count). The normalized spacial score (nSPS) is 24.7. The summed E-state index contributed by atoms with van der Waals surface area (Å²) in [7, 11) is 0. The van der Waals surface area contributed by atoms with Crippen molar-refractivity contribution in [2.24, 2.45) is 0 Å². The van der Waals surface area contributed by atoms with Gasteiger partial charge in [-0.05, 0) is 42.7 Å². The van der Waals surface area contributed by atoms with E-state index in [2.05, 4.69) is 24.0 Å². The van der Waals surface area contributed by atoms with Gasteiger partial charge in [0.1, 0.15) is 5.75 Å². The fourth-order valence-electron chi connectivity index (χ4n) is 3.24. The van der Waals surface area contributed by atoms with Crippen molar-refractivity contribution in [1.29, 1.82) is 0 Å². The minimum absolute atomic E-state index is 0.648. The van der Waals surface area contributed by atoms with Gasteiger partial charge in [-0.1, -0.05) is 18.5 Å². The summed E-state index contributed by atoms with van der Waals surface area (Å²) in [6.07, 6.45) is 4.92. The smallest absolute Gasteiger partial charge is 0.127 e. The molecule has 0 aromatic heterocycles. The van der Waals surface area contributed by atoms with Gasteiger partial charge in [0, 0.05) is 34.8 Å². The van der Waals surface area contributed by atoms with Gasteiger partial charge < -0.3 is 10.1 Å². The highest BCUT2D eigenvalue weighted by molar-refractivity contribution is 7.99. The van der Waals surface area contributed by atoms with Gasteiger partial charge >= 0.3 is 0 Å². The van der Waals surface area contributed by atoms with Gasteiger partial charge in [-0.3, -0.25) is 0 Å². The number of halogens is 1. The Kier molecular flexibility index (Phi) is 4.79. The predicted molar refractivity (Wildman–Crippen MR) is 87.0 cm³/mol. The first-order valence-corrected chi connectivity index (χ1v) is 8.98. The minimum atomic E-state index is 0.648. The van der Waals surface area contributed by atoms with E-state index in [1.807, 2.05) is 12.1 Å². The van der Waals surface area contributed by atoms with Gasteiger partial charge in [0.15, 0.2) is 0 Å². The Balaban J connectivity index is 1.59. The van der Waals surface area contributed by atoms with E-state index in [9.17, 15) is 0 Å². The lowest BCUT2D eigenvalue weighted by molar-refractivity contribution is 0.351. The van der Waals surface area contributed by atoms with E-state index in [0.29, 0.717) is 6.04 Å². The topological polar surface area (TPSA) is 21.3 Å². The summed E-state index contributed by atoms with van der Waals surface area (Å²) >= 11 is 8.30. The highest BCUT2D eigenvalue weighted by Crippen LogP contribution is 2.34. The molecular weight excluding hydrogens is 290 g/mol. The molecule has 0 spiro atoms. The van der Waals surface area contributed by atoms with E-state index < -0.39 is 0 Å². The Morgan fingerprint density at radius 3 is 3.15 bits per heavy atom. The summed E-state index contributed by atoms with van der Waals surface area (Å²) in [4.78, 5) is 0. The van der Waals surface area contributed by atoms with Crippen LogP contribution in [-0.4, -0.2) is 23.7 Å². The summed E-state index contributed by atoms with van der Waals surface area (Å²) in [5.74, 6) is 2.30. The molecule has 110 valence electrons. The van der Waals surface area contributed by atoms with E-state index >= 15 is 0 Å². The summed E-state index contributed by atoms with van der Waals surface area (Å²) in [5.41, 5.74) is 2.48. The molecule has 1 saturated carbocycles. The van der Waals surface area contributed by atoms with E-state index in [-0.39, 0.29) is 0 Å². The first-order chi connectivity index (χ1) is 9.76. The van der Waals surface area contributed by atoms with Crippen LogP contribution in [0.1, 0.15) is 37.3 Å². The molecule has 1 N–H and O–H groups in total. The first-order valence-electron chi connectivity index (χ1n) is 7.55. The molecule has 0 saturated heterocycles. The number of benzene rings is 1. The number of nitrogens with one attached hydrogen (secondary N) is 1. The van der Waals surface area contributed by atoms with Gasteiger partial charge in [-0.2, -0.15) is 11.8 Å².